The van der Waals surface area contributed by atoms with E-state index in [4.69, 9.17) is 4.74 Å². The molecule has 26 heavy (non-hydrogen) atoms. The van der Waals surface area contributed by atoms with E-state index in [2.05, 4.69) is 20.5 Å². The van der Waals surface area contributed by atoms with Crippen LogP contribution >= 0.6 is 11.3 Å². The van der Waals surface area contributed by atoms with E-state index in [-0.39, 0.29) is 18.3 Å². The van der Waals surface area contributed by atoms with E-state index in [9.17, 15) is 15.0 Å². The number of ether oxygens (including phenoxy) is 1. The Morgan fingerprint density at radius 1 is 1.27 bits per heavy atom. The third-order valence-electron chi connectivity index (χ3n) is 3.99. The fourth-order valence-electron chi connectivity index (χ4n) is 2.51. The van der Waals surface area contributed by atoms with Gasteiger partial charge in [-0.1, -0.05) is 12.1 Å². The molecule has 8 nitrogen and oxygen atoms in total. The molecule has 0 radical (unpaired) electrons. The van der Waals surface area contributed by atoms with Crippen LogP contribution in [0.2, 0.25) is 0 Å². The van der Waals surface area contributed by atoms with Gasteiger partial charge in [-0.3, -0.25) is 0 Å². The Balaban J connectivity index is 1.41. The normalized spacial score (nSPS) is 15.5. The maximum atomic E-state index is 11.9. The summed E-state index contributed by atoms with van der Waals surface area (Å²) in [5, 5.41) is 27.5. The SMILES string of the molecule is O=C(NCc1csc(N2CCOCC2)n1)NC[C@H](O)c1ccc(O)cc1. The third kappa shape index (κ3) is 5.07. The second-order valence-electron chi connectivity index (χ2n) is 5.89. The smallest absolute Gasteiger partial charge is 0.315 e. The van der Waals surface area contributed by atoms with Crippen LogP contribution in [0.4, 0.5) is 9.93 Å². The van der Waals surface area contributed by atoms with Crippen molar-refractivity contribution in [1.82, 2.24) is 15.6 Å². The van der Waals surface area contributed by atoms with Crippen molar-refractivity contribution in [3.8, 4) is 5.75 Å². The first-order valence-corrected chi connectivity index (χ1v) is 9.25. The first kappa shape index (κ1) is 18.4. The lowest BCUT2D eigenvalue weighted by molar-refractivity contribution is 0.122. The van der Waals surface area contributed by atoms with Crippen LogP contribution in [0.25, 0.3) is 0 Å². The second kappa shape index (κ2) is 8.84. The van der Waals surface area contributed by atoms with Crippen molar-refractivity contribution in [3.05, 3.63) is 40.9 Å². The standard InChI is InChI=1S/C17H22N4O4S/c22-14-3-1-12(2-4-14)15(23)10-19-16(24)18-9-13-11-26-17(20-13)21-5-7-25-8-6-21/h1-4,11,15,22-23H,5-10H2,(H2,18,19,24)/t15-/m0/s1. The molecule has 1 aromatic heterocycles. The van der Waals surface area contributed by atoms with Gasteiger partial charge in [-0.05, 0) is 17.7 Å². The first-order chi connectivity index (χ1) is 12.6. The molecule has 1 saturated heterocycles. The van der Waals surface area contributed by atoms with Crippen LogP contribution in [-0.4, -0.2) is 54.1 Å². The Labute approximate surface area is 155 Å². The van der Waals surface area contributed by atoms with Crippen LogP contribution in [-0.2, 0) is 11.3 Å². The summed E-state index contributed by atoms with van der Waals surface area (Å²) in [6.07, 6.45) is -0.839. The van der Waals surface area contributed by atoms with Crippen LogP contribution in [0.15, 0.2) is 29.6 Å². The lowest BCUT2D eigenvalue weighted by Gasteiger charge is -2.26. The number of morpholine rings is 1. The molecule has 140 valence electrons. The summed E-state index contributed by atoms with van der Waals surface area (Å²) in [4.78, 5) is 18.6. The minimum absolute atomic E-state index is 0.0761. The van der Waals surface area contributed by atoms with Crippen molar-refractivity contribution in [2.24, 2.45) is 0 Å². The Morgan fingerprint density at radius 3 is 2.73 bits per heavy atom. The number of phenolic OH excluding ortho intramolecular Hbond substituents is 1. The fraction of sp³-hybridized carbons (Fsp3) is 0.412. The summed E-state index contributed by atoms with van der Waals surface area (Å²) < 4.78 is 5.33. The number of anilines is 1. The molecule has 0 bridgehead atoms. The van der Waals surface area contributed by atoms with Crippen molar-refractivity contribution in [2.75, 3.05) is 37.7 Å². The van der Waals surface area contributed by atoms with Gasteiger partial charge in [0.1, 0.15) is 5.75 Å². The molecule has 1 aliphatic heterocycles. The largest absolute Gasteiger partial charge is 0.508 e. The number of nitrogens with one attached hydrogen (secondary N) is 2. The number of benzene rings is 1. The van der Waals surface area contributed by atoms with E-state index >= 15 is 0 Å². The number of aromatic hydroxyl groups is 1. The highest BCUT2D eigenvalue weighted by Crippen LogP contribution is 2.21. The number of amides is 2. The fourth-order valence-corrected chi connectivity index (χ4v) is 3.39. The van der Waals surface area contributed by atoms with Crippen molar-refractivity contribution in [1.29, 1.82) is 0 Å². The van der Waals surface area contributed by atoms with Gasteiger partial charge in [0, 0.05) is 25.0 Å². The topological polar surface area (TPSA) is 107 Å². The predicted molar refractivity (Wildman–Crippen MR) is 98.5 cm³/mol. The highest BCUT2D eigenvalue weighted by molar-refractivity contribution is 7.13. The Hall–Kier alpha value is -2.36. The van der Waals surface area contributed by atoms with Gasteiger partial charge < -0.3 is 30.5 Å². The van der Waals surface area contributed by atoms with Crippen LogP contribution in [0, 0.1) is 0 Å². The van der Waals surface area contributed by atoms with Gasteiger partial charge >= 0.3 is 6.03 Å². The van der Waals surface area contributed by atoms with Crippen LogP contribution in [0.3, 0.4) is 0 Å². The lowest BCUT2D eigenvalue weighted by Crippen LogP contribution is -2.37. The zero-order valence-electron chi connectivity index (χ0n) is 14.2. The summed E-state index contributed by atoms with van der Waals surface area (Å²) >= 11 is 1.55. The summed E-state index contributed by atoms with van der Waals surface area (Å²) in [5.41, 5.74) is 1.42. The van der Waals surface area contributed by atoms with Gasteiger partial charge in [-0.25, -0.2) is 9.78 Å². The maximum Gasteiger partial charge on any atom is 0.315 e. The van der Waals surface area contributed by atoms with Crippen molar-refractivity contribution in [3.63, 3.8) is 0 Å². The molecule has 2 heterocycles. The number of carbonyl (C=O) groups is 1. The summed E-state index contributed by atoms with van der Waals surface area (Å²) in [5.74, 6) is 0.131. The van der Waals surface area contributed by atoms with Crippen LogP contribution < -0.4 is 15.5 Å². The predicted octanol–water partition coefficient (Wildman–Crippen LogP) is 1.22. The number of aromatic nitrogens is 1. The van der Waals surface area contributed by atoms with Crippen LogP contribution in [0.5, 0.6) is 5.75 Å². The van der Waals surface area contributed by atoms with Gasteiger partial charge in [0.25, 0.3) is 0 Å². The molecule has 2 aromatic rings. The molecule has 1 fully saturated rings. The van der Waals surface area contributed by atoms with Gasteiger partial charge in [0.15, 0.2) is 5.13 Å². The Morgan fingerprint density at radius 2 is 2.00 bits per heavy atom. The first-order valence-electron chi connectivity index (χ1n) is 8.37. The van der Waals surface area contributed by atoms with Crippen LogP contribution in [0.1, 0.15) is 17.4 Å². The second-order valence-corrected chi connectivity index (χ2v) is 6.73. The Bertz CT molecular complexity index is 716. The molecule has 1 aromatic carbocycles. The molecule has 0 aliphatic carbocycles. The maximum absolute atomic E-state index is 11.9. The third-order valence-corrected chi connectivity index (χ3v) is 4.94. The highest BCUT2D eigenvalue weighted by Gasteiger charge is 2.15. The van der Waals surface area contributed by atoms with Gasteiger partial charge in [0.2, 0.25) is 0 Å². The number of hydrogen-bond acceptors (Lipinski definition) is 7. The van der Waals surface area contributed by atoms with E-state index in [0.717, 1.165) is 23.9 Å². The zero-order chi connectivity index (χ0) is 18.4. The molecular formula is C17H22N4O4S. The molecule has 1 atom stereocenters. The van der Waals surface area contributed by atoms with Crippen molar-refractivity contribution >= 4 is 22.5 Å². The summed E-state index contributed by atoms with van der Waals surface area (Å²) in [6, 6.07) is 5.84. The highest BCUT2D eigenvalue weighted by atomic mass is 32.1. The number of hydrogen-bond donors (Lipinski definition) is 4. The quantitative estimate of drug-likeness (QED) is 0.602. The monoisotopic (exact) mass is 378 g/mol. The Kier molecular flexibility index (Phi) is 6.26. The molecule has 1 aliphatic rings. The zero-order valence-corrected chi connectivity index (χ0v) is 15.0. The van der Waals surface area contributed by atoms with E-state index in [1.807, 2.05) is 5.38 Å². The van der Waals surface area contributed by atoms with Gasteiger partial charge in [0.05, 0.1) is 31.6 Å². The van der Waals surface area contributed by atoms with Gasteiger partial charge in [-0.15, -0.1) is 11.3 Å². The number of rotatable bonds is 6. The number of phenols is 1. The minimum atomic E-state index is -0.839. The van der Waals surface area contributed by atoms with E-state index in [1.165, 1.54) is 12.1 Å². The molecular weight excluding hydrogens is 356 g/mol. The summed E-state index contributed by atoms with van der Waals surface area (Å²) in [6.45, 7) is 3.47. The van der Waals surface area contributed by atoms with E-state index < -0.39 is 6.10 Å². The average molecular weight is 378 g/mol. The molecule has 0 saturated carbocycles. The lowest BCUT2D eigenvalue weighted by atomic mass is 10.1. The minimum Gasteiger partial charge on any atom is -0.508 e. The van der Waals surface area contributed by atoms with Crippen molar-refractivity contribution < 1.29 is 19.7 Å². The van der Waals surface area contributed by atoms with Crippen molar-refractivity contribution in [2.45, 2.75) is 12.6 Å². The summed E-state index contributed by atoms with van der Waals surface area (Å²) in [7, 11) is 0. The number of carbonyl (C=O) groups excluding carboxylic acids is 1. The molecule has 4 N–H and O–H groups in total. The molecule has 0 unspecified atom stereocenters. The molecule has 2 amide bonds. The number of aliphatic hydroxyl groups is 1. The average Bonchev–Trinajstić information content (AvgIpc) is 3.15. The molecule has 3 rings (SSSR count). The molecule has 9 heteroatoms. The van der Waals surface area contributed by atoms with Gasteiger partial charge in [-0.2, -0.15) is 0 Å². The number of thiazole rings is 1. The van der Waals surface area contributed by atoms with E-state index in [0.29, 0.717) is 25.3 Å². The number of urea groups is 1. The van der Waals surface area contributed by atoms with E-state index in [1.54, 1.807) is 23.5 Å². The molecule has 0 spiro atoms. The number of aliphatic hydroxyl groups excluding tert-OH is 1. The number of nitrogens with zero attached hydrogens (tertiary/aromatic N) is 2.